The van der Waals surface area contributed by atoms with Gasteiger partial charge in [0.15, 0.2) is 0 Å². The lowest BCUT2D eigenvalue weighted by Crippen LogP contribution is -2.19. The summed E-state index contributed by atoms with van der Waals surface area (Å²) in [5.74, 6) is 1.07. The number of carbonyl (C=O) groups excluding carboxylic acids is 1. The minimum Gasteiger partial charge on any atom is -0.361 e. The first-order valence-corrected chi connectivity index (χ1v) is 13.2. The van der Waals surface area contributed by atoms with Crippen molar-refractivity contribution >= 4 is 23.2 Å². The number of pyridine rings is 2. The number of nitrogens with zero attached hydrogens (tertiary/aromatic N) is 5. The Morgan fingerprint density at radius 3 is 2.63 bits per heavy atom. The molecule has 0 radical (unpaired) electrons. The molecule has 2 aliphatic rings. The van der Waals surface area contributed by atoms with Crippen LogP contribution in [0.2, 0.25) is 0 Å². The first-order valence-electron chi connectivity index (χ1n) is 13.2. The van der Waals surface area contributed by atoms with E-state index >= 15 is 0 Å². The molecule has 1 saturated carbocycles. The van der Waals surface area contributed by atoms with Gasteiger partial charge in [0.25, 0.3) is 5.91 Å². The summed E-state index contributed by atoms with van der Waals surface area (Å²) < 4.78 is 7.79. The maximum absolute atomic E-state index is 12.1. The minimum atomic E-state index is -0.187. The van der Waals surface area contributed by atoms with Gasteiger partial charge in [0.05, 0.1) is 23.0 Å². The summed E-state index contributed by atoms with van der Waals surface area (Å²) in [7, 11) is 0. The van der Waals surface area contributed by atoms with E-state index in [0.29, 0.717) is 11.5 Å². The summed E-state index contributed by atoms with van der Waals surface area (Å²) in [4.78, 5) is 26.0. The Bertz CT molecular complexity index is 1700. The van der Waals surface area contributed by atoms with E-state index in [2.05, 4.69) is 45.2 Å². The topological polar surface area (TPSA) is 86.2 Å². The van der Waals surface area contributed by atoms with Gasteiger partial charge in [-0.05, 0) is 68.5 Å². The van der Waals surface area contributed by atoms with Crippen LogP contribution in [-0.4, -0.2) is 31.8 Å². The highest BCUT2D eigenvalue weighted by molar-refractivity contribution is 6.13. The van der Waals surface area contributed by atoms with E-state index in [0.717, 1.165) is 56.0 Å². The summed E-state index contributed by atoms with van der Waals surface area (Å²) in [6.45, 7) is 3.88. The number of hydrogen-bond donors (Lipinski definition) is 0. The summed E-state index contributed by atoms with van der Waals surface area (Å²) in [6.07, 6.45) is 12.5. The number of aryl methyl sites for hydroxylation is 2. The van der Waals surface area contributed by atoms with E-state index in [-0.39, 0.29) is 11.9 Å². The predicted octanol–water partition coefficient (Wildman–Crippen LogP) is 6.72. The Morgan fingerprint density at radius 1 is 1.00 bits per heavy atom. The third kappa shape index (κ3) is 3.61. The molecule has 1 unspecified atom stereocenters. The summed E-state index contributed by atoms with van der Waals surface area (Å²) in [5, 5.41) is 5.21. The number of fused-ring (bicyclic) bond motifs is 2. The molecule has 5 aromatic rings. The number of carbonyl (C=O) groups is 1. The highest BCUT2D eigenvalue weighted by Crippen LogP contribution is 2.42. The molecular formula is C31H27N5O2. The average Bonchev–Trinajstić information content (AvgIpc) is 3.73. The van der Waals surface area contributed by atoms with E-state index in [1.807, 2.05) is 44.4 Å². The van der Waals surface area contributed by atoms with Gasteiger partial charge >= 0.3 is 0 Å². The molecule has 0 saturated heterocycles. The molecular weight excluding hydrogens is 474 g/mol. The number of aromatic nitrogens is 4. The monoisotopic (exact) mass is 501 g/mol. The summed E-state index contributed by atoms with van der Waals surface area (Å²) in [6, 6.07) is 14.4. The second-order valence-corrected chi connectivity index (χ2v) is 10.4. The standard InChI is InChI=1S/C31H27N5O2/c1-18-28(19(2)38-35-18)23-14-25-26(21-10-11-24-22(13-21)15-34-31(24)37)17-36(30(25)33-16-23)29(20-7-3-4-8-20)27-9-5-6-12-32-27/h5-6,9-17,20,29H,3-4,7-8H2,1-2H3. The van der Waals surface area contributed by atoms with Crippen LogP contribution < -0.4 is 0 Å². The fourth-order valence-electron chi connectivity index (χ4n) is 6.27. The molecule has 1 fully saturated rings. The fraction of sp³-hybridized carbons (Fsp3) is 0.258. The molecule has 188 valence electrons. The first-order chi connectivity index (χ1) is 18.6. The average molecular weight is 502 g/mol. The quantitative estimate of drug-likeness (QED) is 0.267. The van der Waals surface area contributed by atoms with Gasteiger partial charge in [-0.15, -0.1) is 0 Å². The molecule has 1 atom stereocenters. The molecule has 1 amide bonds. The fourth-order valence-corrected chi connectivity index (χ4v) is 6.27. The van der Waals surface area contributed by atoms with Gasteiger partial charge in [0.1, 0.15) is 11.4 Å². The summed E-state index contributed by atoms with van der Waals surface area (Å²) in [5.41, 5.74) is 8.35. The second-order valence-electron chi connectivity index (χ2n) is 10.4. The number of amides is 1. The molecule has 7 rings (SSSR count). The maximum Gasteiger partial charge on any atom is 0.277 e. The SMILES string of the molecule is Cc1noc(C)c1-c1cnc2c(c1)c(-c1ccc3c(c1)C=NC3=O)cn2C(c1ccccn1)C1CCCC1. The molecule has 1 aromatic carbocycles. The van der Waals surface area contributed by atoms with Gasteiger partial charge in [-0.1, -0.05) is 30.1 Å². The van der Waals surface area contributed by atoms with Crippen LogP contribution in [0.4, 0.5) is 0 Å². The van der Waals surface area contributed by atoms with Crippen molar-refractivity contribution in [3.8, 4) is 22.3 Å². The van der Waals surface area contributed by atoms with Crippen molar-refractivity contribution in [2.75, 3.05) is 0 Å². The lowest BCUT2D eigenvalue weighted by molar-refractivity contribution is 0.101. The molecule has 1 aliphatic heterocycles. The molecule has 0 bridgehead atoms. The molecule has 7 heteroatoms. The third-order valence-electron chi connectivity index (χ3n) is 8.04. The van der Waals surface area contributed by atoms with E-state index in [4.69, 9.17) is 14.5 Å². The zero-order valence-electron chi connectivity index (χ0n) is 21.4. The van der Waals surface area contributed by atoms with Gasteiger partial charge in [0, 0.05) is 52.4 Å². The van der Waals surface area contributed by atoms with E-state index in [1.165, 1.54) is 25.7 Å². The van der Waals surface area contributed by atoms with Crippen LogP contribution in [0.3, 0.4) is 0 Å². The van der Waals surface area contributed by atoms with Crippen LogP contribution >= 0.6 is 0 Å². The minimum absolute atomic E-state index is 0.0879. The molecule has 7 nitrogen and oxygen atoms in total. The Kier molecular flexibility index (Phi) is 5.32. The third-order valence-corrected chi connectivity index (χ3v) is 8.04. The summed E-state index contributed by atoms with van der Waals surface area (Å²) >= 11 is 0. The number of hydrogen-bond acceptors (Lipinski definition) is 5. The largest absolute Gasteiger partial charge is 0.361 e. The number of rotatable bonds is 5. The van der Waals surface area contributed by atoms with Crippen LogP contribution in [0.5, 0.6) is 0 Å². The van der Waals surface area contributed by atoms with Crippen LogP contribution in [-0.2, 0) is 0 Å². The van der Waals surface area contributed by atoms with Crippen molar-refractivity contribution in [1.82, 2.24) is 19.7 Å². The maximum atomic E-state index is 12.1. The Hall–Kier alpha value is -4.39. The van der Waals surface area contributed by atoms with Gasteiger partial charge in [-0.25, -0.2) is 9.98 Å². The van der Waals surface area contributed by atoms with Crippen molar-refractivity contribution in [3.63, 3.8) is 0 Å². The van der Waals surface area contributed by atoms with E-state index < -0.39 is 0 Å². The molecule has 1 aliphatic carbocycles. The second kappa shape index (κ2) is 8.87. The van der Waals surface area contributed by atoms with E-state index in [9.17, 15) is 4.79 Å². The van der Waals surface area contributed by atoms with Crippen LogP contribution in [0, 0.1) is 19.8 Å². The normalized spacial score (nSPS) is 16.0. The zero-order valence-corrected chi connectivity index (χ0v) is 21.4. The van der Waals surface area contributed by atoms with Crippen molar-refractivity contribution in [2.45, 2.75) is 45.6 Å². The Balaban J connectivity index is 1.48. The van der Waals surface area contributed by atoms with E-state index in [1.54, 1.807) is 6.21 Å². The van der Waals surface area contributed by atoms with Crippen LogP contribution in [0.1, 0.15) is 64.8 Å². The van der Waals surface area contributed by atoms with Crippen molar-refractivity contribution < 1.29 is 9.32 Å². The predicted molar refractivity (Wildman–Crippen MR) is 146 cm³/mol. The van der Waals surface area contributed by atoms with Crippen molar-refractivity contribution in [2.24, 2.45) is 10.9 Å². The molecule has 4 aromatic heterocycles. The lowest BCUT2D eigenvalue weighted by Gasteiger charge is -2.25. The first kappa shape index (κ1) is 22.8. The highest BCUT2D eigenvalue weighted by atomic mass is 16.5. The smallest absolute Gasteiger partial charge is 0.277 e. The number of benzene rings is 1. The van der Waals surface area contributed by atoms with Crippen LogP contribution in [0.15, 0.2) is 70.6 Å². The Labute approximate surface area is 220 Å². The molecule has 5 heterocycles. The molecule has 38 heavy (non-hydrogen) atoms. The van der Waals surface area contributed by atoms with Gasteiger partial charge in [0.2, 0.25) is 0 Å². The van der Waals surface area contributed by atoms with Gasteiger partial charge in [-0.3, -0.25) is 9.78 Å². The van der Waals surface area contributed by atoms with Crippen molar-refractivity contribution in [1.29, 1.82) is 0 Å². The number of aliphatic imine (C=N–C) groups is 1. The zero-order chi connectivity index (χ0) is 25.8. The van der Waals surface area contributed by atoms with Crippen LogP contribution in [0.25, 0.3) is 33.3 Å². The van der Waals surface area contributed by atoms with Crippen molar-refractivity contribution in [3.05, 3.63) is 89.3 Å². The molecule has 0 spiro atoms. The highest BCUT2D eigenvalue weighted by Gasteiger charge is 2.31. The lowest BCUT2D eigenvalue weighted by atomic mass is 9.94. The van der Waals surface area contributed by atoms with Gasteiger partial charge < -0.3 is 9.09 Å². The molecule has 0 N–H and O–H groups in total. The Morgan fingerprint density at radius 2 is 1.87 bits per heavy atom. The van der Waals surface area contributed by atoms with Gasteiger partial charge in [-0.2, -0.15) is 0 Å².